The van der Waals surface area contributed by atoms with E-state index in [4.69, 9.17) is 10.5 Å². The van der Waals surface area contributed by atoms with Crippen LogP contribution < -0.4 is 5.73 Å². The van der Waals surface area contributed by atoms with Crippen molar-refractivity contribution in [3.63, 3.8) is 0 Å². The lowest BCUT2D eigenvalue weighted by molar-refractivity contribution is -0.141. The van der Waals surface area contributed by atoms with Crippen molar-refractivity contribution in [1.29, 1.82) is 0 Å². The summed E-state index contributed by atoms with van der Waals surface area (Å²) in [6.07, 6.45) is 0. The number of hydrogen-bond acceptors (Lipinski definition) is 5. The van der Waals surface area contributed by atoms with E-state index < -0.39 is 6.04 Å². The first-order chi connectivity index (χ1) is 9.58. The van der Waals surface area contributed by atoms with Crippen LogP contribution in [0.15, 0.2) is 0 Å². The van der Waals surface area contributed by atoms with Crippen molar-refractivity contribution in [3.05, 3.63) is 0 Å². The van der Waals surface area contributed by atoms with Gasteiger partial charge >= 0.3 is 0 Å². The Morgan fingerprint density at radius 2 is 1.60 bits per heavy atom. The number of carbonyl (C=O) groups excluding carboxylic acids is 2. The summed E-state index contributed by atoms with van der Waals surface area (Å²) in [5, 5.41) is 0. The van der Waals surface area contributed by atoms with E-state index in [-0.39, 0.29) is 11.8 Å². The smallest absolute Gasteiger partial charge is 0.239 e. The first-order valence-corrected chi connectivity index (χ1v) is 7.20. The van der Waals surface area contributed by atoms with Gasteiger partial charge in [-0.05, 0) is 6.92 Å². The van der Waals surface area contributed by atoms with Crippen LogP contribution in [-0.2, 0) is 14.3 Å². The predicted molar refractivity (Wildman–Crippen MR) is 74.1 cm³/mol. The molecule has 1 atom stereocenters. The second-order valence-electron chi connectivity index (χ2n) is 5.38. The van der Waals surface area contributed by atoms with E-state index in [0.717, 1.165) is 13.1 Å². The molecule has 2 saturated heterocycles. The van der Waals surface area contributed by atoms with Crippen molar-refractivity contribution in [2.75, 3.05) is 59.0 Å². The van der Waals surface area contributed by atoms with Crippen LogP contribution >= 0.6 is 0 Å². The summed E-state index contributed by atoms with van der Waals surface area (Å²) in [4.78, 5) is 29.6. The van der Waals surface area contributed by atoms with E-state index in [1.807, 2.05) is 4.90 Å². The first-order valence-electron chi connectivity index (χ1n) is 7.20. The molecular formula is C13H24N4O3. The van der Waals surface area contributed by atoms with Crippen LogP contribution in [0, 0.1) is 0 Å². The van der Waals surface area contributed by atoms with Crippen LogP contribution in [0.1, 0.15) is 6.92 Å². The monoisotopic (exact) mass is 284 g/mol. The topological polar surface area (TPSA) is 79.1 Å². The SMILES string of the molecule is CC(N)C(=O)N1CCN(C(=O)CN2CCOCC2)CC1. The summed E-state index contributed by atoms with van der Waals surface area (Å²) >= 11 is 0. The minimum atomic E-state index is -0.467. The van der Waals surface area contributed by atoms with Gasteiger partial charge in [0.05, 0.1) is 25.8 Å². The molecule has 0 saturated carbocycles. The zero-order valence-corrected chi connectivity index (χ0v) is 12.1. The fourth-order valence-electron chi connectivity index (χ4n) is 2.51. The first kappa shape index (κ1) is 15.2. The highest BCUT2D eigenvalue weighted by Gasteiger charge is 2.26. The van der Waals surface area contributed by atoms with Crippen LogP contribution in [0.4, 0.5) is 0 Å². The highest BCUT2D eigenvalue weighted by Crippen LogP contribution is 2.05. The van der Waals surface area contributed by atoms with E-state index in [0.29, 0.717) is 45.9 Å². The number of ether oxygens (including phenoxy) is 1. The third kappa shape index (κ3) is 3.91. The van der Waals surface area contributed by atoms with Gasteiger partial charge in [-0.2, -0.15) is 0 Å². The van der Waals surface area contributed by atoms with Crippen molar-refractivity contribution in [2.45, 2.75) is 13.0 Å². The summed E-state index contributed by atoms with van der Waals surface area (Å²) in [5.41, 5.74) is 5.59. The zero-order valence-electron chi connectivity index (χ0n) is 12.1. The fourth-order valence-corrected chi connectivity index (χ4v) is 2.51. The van der Waals surface area contributed by atoms with Gasteiger partial charge in [0.1, 0.15) is 0 Å². The molecule has 2 N–H and O–H groups in total. The maximum absolute atomic E-state index is 12.2. The van der Waals surface area contributed by atoms with E-state index in [2.05, 4.69) is 4.90 Å². The molecule has 0 aliphatic carbocycles. The molecule has 0 aromatic heterocycles. The number of hydrogen-bond donors (Lipinski definition) is 1. The Morgan fingerprint density at radius 1 is 1.05 bits per heavy atom. The normalized spacial score (nSPS) is 22.7. The minimum Gasteiger partial charge on any atom is -0.379 e. The van der Waals surface area contributed by atoms with Gasteiger partial charge in [0.2, 0.25) is 11.8 Å². The van der Waals surface area contributed by atoms with Gasteiger partial charge in [-0.25, -0.2) is 0 Å². The average Bonchev–Trinajstić information content (AvgIpc) is 2.47. The van der Waals surface area contributed by atoms with Crippen LogP contribution in [0.3, 0.4) is 0 Å². The molecule has 7 nitrogen and oxygen atoms in total. The number of piperazine rings is 1. The Balaban J connectivity index is 1.75. The molecule has 2 rings (SSSR count). The Bertz CT molecular complexity index is 348. The fraction of sp³-hybridized carbons (Fsp3) is 0.846. The van der Waals surface area contributed by atoms with Crippen LogP contribution in [0.25, 0.3) is 0 Å². The number of nitrogens with two attached hydrogens (primary N) is 1. The van der Waals surface area contributed by atoms with Gasteiger partial charge < -0.3 is 20.3 Å². The van der Waals surface area contributed by atoms with E-state index >= 15 is 0 Å². The molecule has 114 valence electrons. The second-order valence-corrected chi connectivity index (χ2v) is 5.38. The molecule has 0 spiro atoms. The van der Waals surface area contributed by atoms with Crippen molar-refractivity contribution in [3.8, 4) is 0 Å². The summed E-state index contributed by atoms with van der Waals surface area (Å²) in [7, 11) is 0. The molecule has 0 radical (unpaired) electrons. The maximum atomic E-state index is 12.2. The summed E-state index contributed by atoms with van der Waals surface area (Å²) in [6.45, 7) is 7.52. The molecule has 2 heterocycles. The van der Waals surface area contributed by atoms with Crippen molar-refractivity contribution in [1.82, 2.24) is 14.7 Å². The third-order valence-corrected chi connectivity index (χ3v) is 3.80. The lowest BCUT2D eigenvalue weighted by Crippen LogP contribution is -2.55. The number of morpholine rings is 1. The number of amides is 2. The van der Waals surface area contributed by atoms with Gasteiger partial charge in [-0.15, -0.1) is 0 Å². The molecule has 0 aromatic rings. The van der Waals surface area contributed by atoms with E-state index in [9.17, 15) is 9.59 Å². The molecule has 20 heavy (non-hydrogen) atoms. The quantitative estimate of drug-likeness (QED) is 0.671. The largest absolute Gasteiger partial charge is 0.379 e. The molecular weight excluding hydrogens is 260 g/mol. The lowest BCUT2D eigenvalue weighted by Gasteiger charge is -2.36. The van der Waals surface area contributed by atoms with E-state index in [1.54, 1.807) is 11.8 Å². The predicted octanol–water partition coefficient (Wildman–Crippen LogP) is -1.66. The number of carbonyl (C=O) groups is 2. The van der Waals surface area contributed by atoms with Gasteiger partial charge in [-0.1, -0.05) is 0 Å². The Hall–Kier alpha value is -1.18. The molecule has 7 heteroatoms. The van der Waals surface area contributed by atoms with Gasteiger partial charge in [0, 0.05) is 39.3 Å². The summed E-state index contributed by atoms with van der Waals surface area (Å²) in [5.74, 6) is 0.102. The number of rotatable bonds is 3. The molecule has 2 aliphatic rings. The van der Waals surface area contributed by atoms with Gasteiger partial charge in [0.15, 0.2) is 0 Å². The molecule has 1 unspecified atom stereocenters. The Kier molecular flexibility index (Phi) is 5.33. The van der Waals surface area contributed by atoms with Crippen molar-refractivity contribution < 1.29 is 14.3 Å². The summed E-state index contributed by atoms with van der Waals surface area (Å²) < 4.78 is 5.27. The van der Waals surface area contributed by atoms with Gasteiger partial charge in [-0.3, -0.25) is 14.5 Å². The Labute approximate surface area is 119 Å². The molecule has 0 bridgehead atoms. The standard InChI is InChI=1S/C13H24N4O3/c1-11(14)13(19)17-4-2-16(3-5-17)12(18)10-15-6-8-20-9-7-15/h11H,2-10,14H2,1H3. The molecule has 2 aliphatic heterocycles. The number of nitrogens with zero attached hydrogens (tertiary/aromatic N) is 3. The van der Waals surface area contributed by atoms with E-state index in [1.165, 1.54) is 0 Å². The average molecular weight is 284 g/mol. The minimum absolute atomic E-state index is 0.0368. The molecule has 2 fully saturated rings. The highest BCUT2D eigenvalue weighted by atomic mass is 16.5. The highest BCUT2D eigenvalue weighted by molar-refractivity contribution is 5.82. The lowest BCUT2D eigenvalue weighted by atomic mass is 10.2. The zero-order chi connectivity index (χ0) is 14.5. The van der Waals surface area contributed by atoms with Crippen LogP contribution in [0.2, 0.25) is 0 Å². The van der Waals surface area contributed by atoms with Crippen LogP contribution in [0.5, 0.6) is 0 Å². The van der Waals surface area contributed by atoms with Crippen LogP contribution in [-0.4, -0.2) is 91.6 Å². The second kappa shape index (κ2) is 7.01. The van der Waals surface area contributed by atoms with Gasteiger partial charge in [0.25, 0.3) is 0 Å². The van der Waals surface area contributed by atoms with Crippen molar-refractivity contribution >= 4 is 11.8 Å². The maximum Gasteiger partial charge on any atom is 0.239 e. The molecule has 0 aromatic carbocycles. The molecule has 2 amide bonds. The third-order valence-electron chi connectivity index (χ3n) is 3.80. The summed E-state index contributed by atoms with van der Waals surface area (Å²) in [6, 6.07) is -0.467. The Morgan fingerprint density at radius 3 is 2.15 bits per heavy atom. The van der Waals surface area contributed by atoms with Crippen molar-refractivity contribution in [2.24, 2.45) is 5.73 Å².